The zero-order valence-corrected chi connectivity index (χ0v) is 14.5. The van der Waals surface area contributed by atoms with Gasteiger partial charge in [0.05, 0.1) is 24.8 Å². The second-order valence-corrected chi connectivity index (χ2v) is 6.57. The van der Waals surface area contributed by atoms with Crippen molar-refractivity contribution in [3.63, 3.8) is 0 Å². The Labute approximate surface area is 146 Å². The third-order valence-corrected chi connectivity index (χ3v) is 4.19. The van der Waals surface area contributed by atoms with Crippen molar-refractivity contribution in [2.75, 3.05) is 19.5 Å². The van der Waals surface area contributed by atoms with Crippen LogP contribution in [0.4, 0.5) is 5.69 Å². The fourth-order valence-corrected chi connectivity index (χ4v) is 2.59. The van der Waals surface area contributed by atoms with Crippen LogP contribution in [0.2, 0.25) is 0 Å². The number of amides is 1. The van der Waals surface area contributed by atoms with Gasteiger partial charge < -0.3 is 14.8 Å². The molecule has 8 heteroatoms. The third kappa shape index (κ3) is 5.07. The molecule has 2 aromatic rings. The van der Waals surface area contributed by atoms with Crippen LogP contribution in [0.25, 0.3) is 6.08 Å². The molecule has 0 heterocycles. The molecule has 7 nitrogen and oxygen atoms in total. The van der Waals surface area contributed by atoms with Crippen LogP contribution in [-0.2, 0) is 14.8 Å². The number of sulfonamides is 1. The van der Waals surface area contributed by atoms with Gasteiger partial charge in [-0.1, -0.05) is 12.1 Å². The summed E-state index contributed by atoms with van der Waals surface area (Å²) >= 11 is 0. The van der Waals surface area contributed by atoms with Gasteiger partial charge >= 0.3 is 0 Å². The number of hydrogen-bond donors (Lipinski definition) is 2. The largest absolute Gasteiger partial charge is 0.497 e. The zero-order chi connectivity index (χ0) is 18.4. The van der Waals surface area contributed by atoms with E-state index in [4.69, 9.17) is 14.6 Å². The van der Waals surface area contributed by atoms with Gasteiger partial charge in [-0.2, -0.15) is 0 Å². The normalized spacial score (nSPS) is 11.3. The molecule has 0 aromatic heterocycles. The molecule has 0 spiro atoms. The predicted octanol–water partition coefficient (Wildman–Crippen LogP) is 2.00. The second-order valence-electron chi connectivity index (χ2n) is 5.01. The monoisotopic (exact) mass is 362 g/mol. The Balaban J connectivity index is 2.20. The summed E-state index contributed by atoms with van der Waals surface area (Å²) in [4.78, 5) is 12.0. The first-order valence-electron chi connectivity index (χ1n) is 7.17. The van der Waals surface area contributed by atoms with Crippen molar-refractivity contribution in [3.05, 3.63) is 54.1 Å². The summed E-state index contributed by atoms with van der Waals surface area (Å²) in [6.45, 7) is 0. The van der Waals surface area contributed by atoms with Gasteiger partial charge in [0.15, 0.2) is 0 Å². The van der Waals surface area contributed by atoms with Gasteiger partial charge in [0.2, 0.25) is 15.9 Å². The van der Waals surface area contributed by atoms with E-state index in [9.17, 15) is 13.2 Å². The van der Waals surface area contributed by atoms with E-state index < -0.39 is 15.9 Å². The highest BCUT2D eigenvalue weighted by Crippen LogP contribution is 2.27. The summed E-state index contributed by atoms with van der Waals surface area (Å²) in [5.74, 6) is 0.535. The number of benzene rings is 2. The molecule has 0 radical (unpaired) electrons. The minimum absolute atomic E-state index is 0.125. The Morgan fingerprint density at radius 2 is 1.88 bits per heavy atom. The van der Waals surface area contributed by atoms with Crippen LogP contribution in [0, 0.1) is 0 Å². The van der Waals surface area contributed by atoms with Gasteiger partial charge in [0.1, 0.15) is 11.5 Å². The molecule has 2 aromatic carbocycles. The molecule has 0 bridgehead atoms. The van der Waals surface area contributed by atoms with Gasteiger partial charge in [-0.3, -0.25) is 4.79 Å². The maximum absolute atomic E-state index is 12.1. The minimum Gasteiger partial charge on any atom is -0.497 e. The van der Waals surface area contributed by atoms with E-state index >= 15 is 0 Å². The number of methoxy groups -OCH3 is 2. The molecule has 25 heavy (non-hydrogen) atoms. The molecule has 0 fully saturated rings. The molecule has 0 saturated carbocycles. The molecule has 0 aliphatic heterocycles. The van der Waals surface area contributed by atoms with Crippen LogP contribution in [0.1, 0.15) is 5.56 Å². The van der Waals surface area contributed by atoms with Crippen molar-refractivity contribution in [3.8, 4) is 11.5 Å². The average Bonchev–Trinajstić information content (AvgIpc) is 2.59. The highest BCUT2D eigenvalue weighted by Gasteiger charge is 2.13. The number of carbonyl (C=O) groups is 1. The predicted molar refractivity (Wildman–Crippen MR) is 95.0 cm³/mol. The maximum Gasteiger partial charge on any atom is 0.248 e. The highest BCUT2D eigenvalue weighted by molar-refractivity contribution is 7.89. The van der Waals surface area contributed by atoms with Gasteiger partial charge in [0, 0.05) is 6.08 Å². The van der Waals surface area contributed by atoms with Gasteiger partial charge in [-0.15, -0.1) is 0 Å². The Morgan fingerprint density at radius 3 is 2.52 bits per heavy atom. The van der Waals surface area contributed by atoms with E-state index in [1.807, 2.05) is 6.07 Å². The topological polar surface area (TPSA) is 108 Å². The van der Waals surface area contributed by atoms with Gasteiger partial charge in [-0.25, -0.2) is 13.6 Å². The van der Waals surface area contributed by atoms with Gasteiger partial charge in [-0.05, 0) is 42.0 Å². The zero-order valence-electron chi connectivity index (χ0n) is 13.7. The summed E-state index contributed by atoms with van der Waals surface area (Å²) in [6, 6.07) is 11.1. The summed E-state index contributed by atoms with van der Waals surface area (Å²) < 4.78 is 33.1. The van der Waals surface area contributed by atoms with Crippen molar-refractivity contribution in [2.45, 2.75) is 4.90 Å². The quantitative estimate of drug-likeness (QED) is 0.764. The number of carbonyl (C=O) groups excluding carboxylic acids is 1. The molecular formula is C17H18N2O5S. The lowest BCUT2D eigenvalue weighted by Crippen LogP contribution is -2.14. The van der Waals surface area contributed by atoms with E-state index in [1.165, 1.54) is 31.4 Å². The first-order chi connectivity index (χ1) is 11.8. The van der Waals surface area contributed by atoms with Crippen LogP contribution >= 0.6 is 0 Å². The number of nitrogens with one attached hydrogen (secondary N) is 1. The number of primary sulfonamides is 1. The lowest BCUT2D eigenvalue weighted by Gasteiger charge is -2.10. The summed E-state index contributed by atoms with van der Waals surface area (Å²) in [5.41, 5.74) is 0.981. The van der Waals surface area contributed by atoms with Crippen molar-refractivity contribution in [1.82, 2.24) is 0 Å². The number of hydrogen-bond acceptors (Lipinski definition) is 5. The summed E-state index contributed by atoms with van der Waals surface area (Å²) in [5, 5.41) is 7.67. The fraction of sp³-hybridized carbons (Fsp3) is 0.118. The Hall–Kier alpha value is -2.84. The standard InChI is InChI=1S/C17H18N2O5S/c1-23-13-5-3-4-12(10-13)6-9-17(20)19-15-11-14(25(18,21)22)7-8-16(15)24-2/h3-11H,1-2H3,(H,19,20)(H2,18,21,22). The molecular weight excluding hydrogens is 344 g/mol. The van der Waals surface area contributed by atoms with Crippen molar-refractivity contribution >= 4 is 27.7 Å². The number of ether oxygens (including phenoxy) is 2. The van der Waals surface area contributed by atoms with Crippen LogP contribution in [0.5, 0.6) is 11.5 Å². The second kappa shape index (κ2) is 7.82. The smallest absolute Gasteiger partial charge is 0.248 e. The van der Waals surface area contributed by atoms with E-state index in [-0.39, 0.29) is 10.6 Å². The molecule has 0 aliphatic rings. The Bertz CT molecular complexity index is 907. The van der Waals surface area contributed by atoms with E-state index in [0.29, 0.717) is 11.5 Å². The lowest BCUT2D eigenvalue weighted by atomic mass is 10.2. The molecule has 0 unspecified atom stereocenters. The molecule has 0 saturated heterocycles. The van der Waals surface area contributed by atoms with Crippen molar-refractivity contribution < 1.29 is 22.7 Å². The van der Waals surface area contributed by atoms with E-state index in [2.05, 4.69) is 5.32 Å². The van der Waals surface area contributed by atoms with Gasteiger partial charge in [0.25, 0.3) is 0 Å². The first-order valence-corrected chi connectivity index (χ1v) is 8.72. The van der Waals surface area contributed by atoms with E-state index in [1.54, 1.807) is 31.4 Å². The Kier molecular flexibility index (Phi) is 5.79. The molecule has 1 amide bonds. The fourth-order valence-electron chi connectivity index (χ4n) is 2.05. The Morgan fingerprint density at radius 1 is 1.12 bits per heavy atom. The number of nitrogens with two attached hydrogens (primary N) is 1. The van der Waals surface area contributed by atoms with Crippen LogP contribution in [0.15, 0.2) is 53.4 Å². The van der Waals surface area contributed by atoms with Crippen LogP contribution in [-0.4, -0.2) is 28.5 Å². The molecule has 0 aliphatic carbocycles. The molecule has 2 rings (SSSR count). The average molecular weight is 362 g/mol. The number of anilines is 1. The molecule has 0 atom stereocenters. The molecule has 132 valence electrons. The SMILES string of the molecule is COc1cccc(C=CC(=O)Nc2cc(S(N)(=O)=O)ccc2OC)c1. The highest BCUT2D eigenvalue weighted by atomic mass is 32.2. The maximum atomic E-state index is 12.1. The molecule has 3 N–H and O–H groups in total. The number of rotatable bonds is 6. The summed E-state index contributed by atoms with van der Waals surface area (Å²) in [6.07, 6.45) is 2.92. The first kappa shape index (κ1) is 18.5. The van der Waals surface area contributed by atoms with Crippen LogP contribution < -0.4 is 19.9 Å². The van der Waals surface area contributed by atoms with E-state index in [0.717, 1.165) is 5.56 Å². The van der Waals surface area contributed by atoms with Crippen LogP contribution in [0.3, 0.4) is 0 Å². The van der Waals surface area contributed by atoms with Crippen molar-refractivity contribution in [2.24, 2.45) is 5.14 Å². The van der Waals surface area contributed by atoms with Crippen molar-refractivity contribution in [1.29, 1.82) is 0 Å². The minimum atomic E-state index is -3.89. The summed E-state index contributed by atoms with van der Waals surface area (Å²) in [7, 11) is -0.922. The third-order valence-electron chi connectivity index (χ3n) is 3.28. The lowest BCUT2D eigenvalue weighted by molar-refractivity contribution is -0.111.